The molecule has 2 rings (SSSR count). The molecule has 0 spiro atoms. The van der Waals surface area contributed by atoms with Gasteiger partial charge in [-0.3, -0.25) is 0 Å². The van der Waals surface area contributed by atoms with Gasteiger partial charge in [0, 0.05) is 18.0 Å². The molecule has 1 heterocycles. The van der Waals surface area contributed by atoms with Gasteiger partial charge in [-0.25, -0.2) is 9.78 Å². The lowest BCUT2D eigenvalue weighted by Crippen LogP contribution is -2.33. The number of amides is 1. The highest BCUT2D eigenvalue weighted by Gasteiger charge is 2.20. The Balaban J connectivity index is 2.21. The number of thiazole rings is 1. The van der Waals surface area contributed by atoms with E-state index in [1.807, 2.05) is 20.8 Å². The van der Waals surface area contributed by atoms with Gasteiger partial charge in [-0.15, -0.1) is 11.3 Å². The third-order valence-corrected chi connectivity index (χ3v) is 5.07. The maximum atomic E-state index is 12.2. The van der Waals surface area contributed by atoms with E-state index in [2.05, 4.69) is 51.3 Å². The van der Waals surface area contributed by atoms with Crippen LogP contribution in [0, 0.1) is 0 Å². The van der Waals surface area contributed by atoms with Gasteiger partial charge in [0.05, 0.1) is 12.2 Å². The highest BCUT2D eigenvalue weighted by molar-refractivity contribution is 7.09. The maximum absolute atomic E-state index is 12.2. The third-order valence-electron chi connectivity index (χ3n) is 4.24. The summed E-state index contributed by atoms with van der Waals surface area (Å²) >= 11 is 1.58. The third kappa shape index (κ3) is 6.06. The lowest BCUT2D eigenvalue weighted by molar-refractivity contribution is 0.0285. The number of ether oxygens (including phenoxy) is 1. The van der Waals surface area contributed by atoms with Gasteiger partial charge in [0.2, 0.25) is 0 Å². The van der Waals surface area contributed by atoms with Crippen molar-refractivity contribution in [1.29, 1.82) is 0 Å². The summed E-state index contributed by atoms with van der Waals surface area (Å²) in [5, 5.41) is 2.97. The Labute approximate surface area is 167 Å². The van der Waals surface area contributed by atoms with Crippen molar-refractivity contribution in [3.8, 4) is 11.3 Å². The molecule has 0 unspecified atom stereocenters. The number of hydrogen-bond donors (Lipinski definition) is 0. The fraction of sp³-hybridized carbons (Fsp3) is 0.545. The summed E-state index contributed by atoms with van der Waals surface area (Å²) in [5.74, 6) is 0.942. The molecule has 0 aliphatic carbocycles. The minimum Gasteiger partial charge on any atom is -0.444 e. The van der Waals surface area contributed by atoms with Gasteiger partial charge in [0.25, 0.3) is 0 Å². The van der Waals surface area contributed by atoms with Crippen molar-refractivity contribution in [3.63, 3.8) is 0 Å². The van der Waals surface area contributed by atoms with E-state index in [1.54, 1.807) is 23.3 Å². The molecule has 0 atom stereocenters. The molecule has 27 heavy (non-hydrogen) atoms. The summed E-state index contributed by atoms with van der Waals surface area (Å²) in [6.07, 6.45) is -0.330. The van der Waals surface area contributed by atoms with E-state index in [1.165, 1.54) is 11.1 Å². The molecule has 0 N–H and O–H groups in total. The molecular weight excluding hydrogens is 356 g/mol. The second-order valence-electron chi connectivity index (χ2n) is 8.66. The zero-order valence-corrected chi connectivity index (χ0v) is 18.6. The number of aromatic nitrogens is 1. The first-order valence-electron chi connectivity index (χ1n) is 9.50. The van der Waals surface area contributed by atoms with E-state index in [0.29, 0.717) is 18.4 Å². The quantitative estimate of drug-likeness (QED) is 0.593. The van der Waals surface area contributed by atoms with Crippen LogP contribution in [0.2, 0.25) is 0 Å². The first-order valence-corrected chi connectivity index (χ1v) is 10.4. The average Bonchev–Trinajstić information content (AvgIpc) is 3.01. The molecule has 0 saturated heterocycles. The van der Waals surface area contributed by atoms with Crippen LogP contribution in [-0.4, -0.2) is 28.6 Å². The van der Waals surface area contributed by atoms with Crippen LogP contribution in [0.25, 0.3) is 11.3 Å². The molecule has 1 amide bonds. The Morgan fingerprint density at radius 2 is 1.67 bits per heavy atom. The van der Waals surface area contributed by atoms with Crippen molar-refractivity contribution in [2.75, 3.05) is 7.05 Å². The van der Waals surface area contributed by atoms with Crippen molar-refractivity contribution in [1.82, 2.24) is 9.88 Å². The van der Waals surface area contributed by atoms with Crippen molar-refractivity contribution in [3.05, 3.63) is 39.7 Å². The standard InChI is InChI=1S/C22H32N2O2S/c1-14(2)16-9-17(15(3)4)11-18(10-16)19-13-27-20(23-19)12-24(8)21(25)26-22(5,6)7/h9-11,13-15H,12H2,1-8H3. The number of benzene rings is 1. The fourth-order valence-electron chi connectivity index (χ4n) is 2.61. The van der Waals surface area contributed by atoms with E-state index in [9.17, 15) is 4.79 Å². The van der Waals surface area contributed by atoms with Crippen molar-refractivity contribution < 1.29 is 9.53 Å². The Hall–Kier alpha value is -1.88. The Bertz CT molecular complexity index is 762. The van der Waals surface area contributed by atoms with Gasteiger partial charge in [0.15, 0.2) is 0 Å². The first kappa shape index (κ1) is 21.4. The Kier molecular flexibility index (Phi) is 6.68. The summed E-state index contributed by atoms with van der Waals surface area (Å²) in [6.45, 7) is 14.9. The number of nitrogens with zero attached hydrogens (tertiary/aromatic N) is 2. The van der Waals surface area contributed by atoms with E-state index in [4.69, 9.17) is 9.72 Å². The highest BCUT2D eigenvalue weighted by atomic mass is 32.1. The summed E-state index contributed by atoms with van der Waals surface area (Å²) in [5.41, 5.74) is 4.28. The van der Waals surface area contributed by atoms with E-state index >= 15 is 0 Å². The molecule has 0 fully saturated rings. The molecule has 0 radical (unpaired) electrons. The molecule has 2 aromatic rings. The fourth-order valence-corrected chi connectivity index (χ4v) is 3.47. The van der Waals surface area contributed by atoms with E-state index in [0.717, 1.165) is 16.3 Å². The first-order chi connectivity index (χ1) is 12.5. The maximum Gasteiger partial charge on any atom is 0.410 e. The molecule has 0 saturated carbocycles. The lowest BCUT2D eigenvalue weighted by Gasteiger charge is -2.24. The summed E-state index contributed by atoms with van der Waals surface area (Å²) in [4.78, 5) is 18.5. The van der Waals surface area contributed by atoms with Gasteiger partial charge < -0.3 is 9.64 Å². The van der Waals surface area contributed by atoms with Gasteiger partial charge in [0.1, 0.15) is 10.6 Å². The predicted octanol–water partition coefficient (Wildman–Crippen LogP) is 6.42. The van der Waals surface area contributed by atoms with Crippen molar-refractivity contribution in [2.24, 2.45) is 0 Å². The molecule has 1 aromatic heterocycles. The van der Waals surface area contributed by atoms with Gasteiger partial charge in [-0.1, -0.05) is 33.8 Å². The molecule has 0 bridgehead atoms. The summed E-state index contributed by atoms with van der Waals surface area (Å²) < 4.78 is 5.41. The van der Waals surface area contributed by atoms with Crippen LogP contribution in [-0.2, 0) is 11.3 Å². The molecule has 4 nitrogen and oxygen atoms in total. The molecule has 148 valence electrons. The van der Waals surface area contributed by atoms with Crippen LogP contribution in [0.4, 0.5) is 4.79 Å². The van der Waals surface area contributed by atoms with Gasteiger partial charge >= 0.3 is 6.09 Å². The van der Waals surface area contributed by atoms with Crippen LogP contribution in [0.15, 0.2) is 23.6 Å². The van der Waals surface area contributed by atoms with E-state index < -0.39 is 5.60 Å². The largest absolute Gasteiger partial charge is 0.444 e. The molecule has 0 aliphatic heterocycles. The van der Waals surface area contributed by atoms with Crippen molar-refractivity contribution in [2.45, 2.75) is 72.4 Å². The van der Waals surface area contributed by atoms with Crippen LogP contribution >= 0.6 is 11.3 Å². The molecule has 0 aliphatic rings. The summed E-state index contributed by atoms with van der Waals surface area (Å²) in [6, 6.07) is 6.75. The Morgan fingerprint density at radius 1 is 1.11 bits per heavy atom. The monoisotopic (exact) mass is 388 g/mol. The predicted molar refractivity (Wildman–Crippen MR) is 113 cm³/mol. The van der Waals surface area contributed by atoms with E-state index in [-0.39, 0.29) is 6.09 Å². The molecule has 1 aromatic carbocycles. The minimum atomic E-state index is -0.496. The number of rotatable bonds is 5. The van der Waals surface area contributed by atoms with Crippen molar-refractivity contribution >= 4 is 17.4 Å². The topological polar surface area (TPSA) is 42.4 Å². The zero-order chi connectivity index (χ0) is 20.4. The van der Waals surface area contributed by atoms with Gasteiger partial charge in [-0.2, -0.15) is 0 Å². The van der Waals surface area contributed by atoms with Crippen LogP contribution < -0.4 is 0 Å². The molecule has 5 heteroatoms. The minimum absolute atomic E-state index is 0.330. The highest BCUT2D eigenvalue weighted by Crippen LogP contribution is 2.30. The second-order valence-corrected chi connectivity index (χ2v) is 9.60. The molecular formula is C22H32N2O2S. The SMILES string of the molecule is CC(C)c1cc(-c2csc(CN(C)C(=O)OC(C)(C)C)n2)cc(C(C)C)c1. The van der Waals surface area contributed by atoms with Crippen LogP contribution in [0.3, 0.4) is 0 Å². The van der Waals surface area contributed by atoms with Gasteiger partial charge in [-0.05, 0) is 55.9 Å². The lowest BCUT2D eigenvalue weighted by atomic mass is 9.92. The number of hydrogen-bond acceptors (Lipinski definition) is 4. The zero-order valence-electron chi connectivity index (χ0n) is 17.8. The smallest absolute Gasteiger partial charge is 0.410 e. The number of carbonyl (C=O) groups is 1. The normalized spacial score (nSPS) is 11.9. The average molecular weight is 389 g/mol. The van der Waals surface area contributed by atoms with Crippen LogP contribution in [0.5, 0.6) is 0 Å². The second kappa shape index (κ2) is 8.42. The summed E-state index contributed by atoms with van der Waals surface area (Å²) in [7, 11) is 1.74. The number of carbonyl (C=O) groups excluding carboxylic acids is 1. The van der Waals surface area contributed by atoms with Crippen LogP contribution in [0.1, 0.15) is 76.4 Å². The Morgan fingerprint density at radius 3 is 2.15 bits per heavy atom.